The fraction of sp³-hybridized carbons (Fsp3) is 0.571. The molecule has 2 heterocycles. The number of hydrogen-bond donors (Lipinski definition) is 3. The number of rotatable bonds is 4. The van der Waals surface area contributed by atoms with Crippen LogP contribution in [0.15, 0.2) is 12.3 Å². The molecule has 2 aliphatic rings. The van der Waals surface area contributed by atoms with E-state index in [0.717, 1.165) is 12.8 Å². The maximum absolute atomic E-state index is 12.3. The maximum atomic E-state index is 12.3. The molecule has 2 fully saturated rings. The summed E-state index contributed by atoms with van der Waals surface area (Å²) >= 11 is 0. The van der Waals surface area contributed by atoms with E-state index in [0.29, 0.717) is 35.5 Å². The van der Waals surface area contributed by atoms with E-state index in [1.807, 2.05) is 0 Å². The molecule has 1 saturated heterocycles. The van der Waals surface area contributed by atoms with Crippen molar-refractivity contribution in [2.45, 2.75) is 37.1 Å². The highest BCUT2D eigenvalue weighted by atomic mass is 35.5. The van der Waals surface area contributed by atoms with E-state index < -0.39 is 21.7 Å². The monoisotopic (exact) mass is 392 g/mol. The number of amides is 1. The smallest absolute Gasteiger partial charge is 0.353 e. The van der Waals surface area contributed by atoms with Crippen LogP contribution < -0.4 is 23.3 Å². The van der Waals surface area contributed by atoms with Crippen LogP contribution in [0.4, 0.5) is 0 Å². The van der Waals surface area contributed by atoms with Crippen molar-refractivity contribution in [2.75, 3.05) is 13.1 Å². The first kappa shape index (κ1) is 19.7. The van der Waals surface area contributed by atoms with Crippen molar-refractivity contribution in [1.82, 2.24) is 8.87 Å². The number of carboxylic acid groups (broad SMARTS) is 1. The molecule has 0 atom stereocenters. The molecule has 6 N–H and O–H groups in total. The number of carboxylic acids is 1. The average Bonchev–Trinajstić information content (AvgIpc) is 3.10. The van der Waals surface area contributed by atoms with Crippen molar-refractivity contribution in [3.8, 4) is 0 Å². The van der Waals surface area contributed by atoms with Gasteiger partial charge in [0.15, 0.2) is 5.54 Å². The third-order valence-electron chi connectivity index (χ3n) is 4.89. The van der Waals surface area contributed by atoms with Gasteiger partial charge in [0.25, 0.3) is 5.91 Å². The summed E-state index contributed by atoms with van der Waals surface area (Å²) in [5, 5.41) is 14.4. The zero-order valence-electron chi connectivity index (χ0n) is 13.5. The van der Waals surface area contributed by atoms with Gasteiger partial charge in [-0.25, -0.2) is 13.9 Å². The number of aromatic carboxylic acids is 1. The molecule has 1 saturated carbocycles. The summed E-state index contributed by atoms with van der Waals surface area (Å²) in [6.45, 7) is 1.03. The van der Waals surface area contributed by atoms with Crippen molar-refractivity contribution < 1.29 is 41.3 Å². The summed E-state index contributed by atoms with van der Waals surface area (Å²) in [6, 6.07) is 1.49. The Morgan fingerprint density at radius 2 is 1.84 bits per heavy atom. The Morgan fingerprint density at radius 3 is 2.28 bits per heavy atom. The van der Waals surface area contributed by atoms with E-state index in [1.165, 1.54) is 12.3 Å². The summed E-state index contributed by atoms with van der Waals surface area (Å²) < 4.78 is 23.7. The van der Waals surface area contributed by atoms with Gasteiger partial charge in [-0.05, 0) is 30.4 Å². The van der Waals surface area contributed by atoms with Gasteiger partial charge >= 0.3 is 16.2 Å². The lowest BCUT2D eigenvalue weighted by molar-refractivity contribution is -0.422. The van der Waals surface area contributed by atoms with Crippen LogP contribution in [0.25, 0.3) is 0 Å². The number of quaternary nitrogens is 1. The first-order chi connectivity index (χ1) is 11.1. The van der Waals surface area contributed by atoms with Gasteiger partial charge in [-0.2, -0.15) is 8.42 Å². The summed E-state index contributed by atoms with van der Waals surface area (Å²) in [5.41, 5.74) is 3.61. The third-order valence-corrected chi connectivity index (χ3v) is 5.74. The minimum Gasteiger partial charge on any atom is -1.00 e. The van der Waals surface area contributed by atoms with Crippen LogP contribution in [-0.4, -0.2) is 52.9 Å². The van der Waals surface area contributed by atoms with Crippen molar-refractivity contribution in [1.29, 1.82) is 0 Å². The van der Waals surface area contributed by atoms with Gasteiger partial charge in [0.05, 0.1) is 0 Å². The lowest BCUT2D eigenvalue weighted by atomic mass is 9.89. The quantitative estimate of drug-likeness (QED) is 0.474. The Morgan fingerprint density at radius 1 is 1.28 bits per heavy atom. The number of nitrogens with zero attached hydrogens (tertiary/aromatic N) is 2. The molecule has 1 amide bonds. The van der Waals surface area contributed by atoms with Crippen molar-refractivity contribution in [3.05, 3.63) is 23.5 Å². The van der Waals surface area contributed by atoms with Crippen LogP contribution in [0.2, 0.25) is 0 Å². The number of carbonyl (C=O) groups excluding carboxylic acids is 1. The van der Waals surface area contributed by atoms with E-state index >= 15 is 0 Å². The molecule has 0 bridgehead atoms. The summed E-state index contributed by atoms with van der Waals surface area (Å²) in [7, 11) is -4.17. The molecular weight excluding hydrogens is 372 g/mol. The zero-order chi connectivity index (χ0) is 17.7. The Labute approximate surface area is 151 Å². The molecular formula is C14H21ClN4O5S. The lowest BCUT2D eigenvalue weighted by Gasteiger charge is -2.32. The van der Waals surface area contributed by atoms with Gasteiger partial charge in [-0.15, -0.1) is 0 Å². The van der Waals surface area contributed by atoms with E-state index in [-0.39, 0.29) is 29.9 Å². The predicted octanol–water partition coefficient (Wildman–Crippen LogP) is -4.28. The van der Waals surface area contributed by atoms with Gasteiger partial charge in [0.1, 0.15) is 5.69 Å². The topological polar surface area (TPSA) is 150 Å². The van der Waals surface area contributed by atoms with Crippen LogP contribution in [0.5, 0.6) is 0 Å². The minimum absolute atomic E-state index is 0. The number of hydrogen-bond acceptors (Lipinski definition) is 4. The van der Waals surface area contributed by atoms with E-state index in [2.05, 4.69) is 5.73 Å². The van der Waals surface area contributed by atoms with Gasteiger partial charge in [-0.3, -0.25) is 4.79 Å². The second-order valence-corrected chi connectivity index (χ2v) is 8.04. The van der Waals surface area contributed by atoms with Crippen molar-refractivity contribution in [2.24, 2.45) is 5.14 Å². The third kappa shape index (κ3) is 3.66. The highest BCUT2D eigenvalue weighted by Gasteiger charge is 2.53. The van der Waals surface area contributed by atoms with Gasteiger partial charge in [0.2, 0.25) is 0 Å². The van der Waals surface area contributed by atoms with Crippen LogP contribution in [-0.2, 0) is 15.0 Å². The molecule has 1 aliphatic carbocycles. The molecule has 3 rings (SSSR count). The van der Waals surface area contributed by atoms with Crippen LogP contribution in [0.1, 0.15) is 47.7 Å². The average molecular weight is 393 g/mol. The van der Waals surface area contributed by atoms with Gasteiger partial charge < -0.3 is 28.1 Å². The Kier molecular flexibility index (Phi) is 5.20. The van der Waals surface area contributed by atoms with Gasteiger partial charge in [0, 0.05) is 32.1 Å². The first-order valence-corrected chi connectivity index (χ1v) is 9.26. The number of piperidine rings is 1. The number of carbonyl (C=O) groups is 2. The second-order valence-electron chi connectivity index (χ2n) is 6.61. The summed E-state index contributed by atoms with van der Waals surface area (Å²) in [6.07, 6.45) is 3.95. The minimum atomic E-state index is -4.17. The standard InChI is InChI=1S/C14H20N4O5S.ClH/c15-14(4-5-14)13(21)17-6-1-9(2-7-17)10-3-8-18(24(16,22)23)11(10)12(19)20;/h3,8-9H,1-2,4-7,15H2,(H,19,20)(H2,16,22,23);1H. The molecule has 0 spiro atoms. The molecule has 11 heteroatoms. The molecule has 1 aromatic heterocycles. The SMILES string of the molecule is NS(=O)(=O)n1ccc(C2CCN(C(=O)C3([NH3+])CC3)CC2)c1C(=O)O.[Cl-]. The number of halogens is 1. The molecule has 0 unspecified atom stereocenters. The largest absolute Gasteiger partial charge is 1.00 e. The lowest BCUT2D eigenvalue weighted by Crippen LogP contribution is -3.00. The Bertz CT molecular complexity index is 794. The van der Waals surface area contributed by atoms with Crippen LogP contribution >= 0.6 is 0 Å². The zero-order valence-corrected chi connectivity index (χ0v) is 15.1. The summed E-state index contributed by atoms with van der Waals surface area (Å²) in [4.78, 5) is 25.6. The van der Waals surface area contributed by atoms with Crippen LogP contribution in [0, 0.1) is 0 Å². The highest BCUT2D eigenvalue weighted by molar-refractivity contribution is 7.87. The fourth-order valence-corrected chi connectivity index (χ4v) is 3.95. The molecule has 1 aliphatic heterocycles. The molecule has 9 nitrogen and oxygen atoms in total. The van der Waals surface area contributed by atoms with Gasteiger partial charge in [-0.1, -0.05) is 0 Å². The maximum Gasteiger partial charge on any atom is 0.353 e. The molecule has 0 aromatic carbocycles. The second kappa shape index (κ2) is 6.60. The highest BCUT2D eigenvalue weighted by Crippen LogP contribution is 2.36. The molecule has 0 radical (unpaired) electrons. The Hall–Kier alpha value is -1.62. The first-order valence-electron chi connectivity index (χ1n) is 7.76. The Balaban J connectivity index is 0.00000225. The van der Waals surface area contributed by atoms with E-state index in [1.54, 1.807) is 4.90 Å². The predicted molar refractivity (Wildman–Crippen MR) is 83.3 cm³/mol. The molecule has 140 valence electrons. The van der Waals surface area contributed by atoms with E-state index in [4.69, 9.17) is 5.14 Å². The summed E-state index contributed by atoms with van der Waals surface area (Å²) in [5.74, 6) is -1.40. The van der Waals surface area contributed by atoms with Crippen LogP contribution in [0.3, 0.4) is 0 Å². The van der Waals surface area contributed by atoms with E-state index in [9.17, 15) is 23.1 Å². The molecule has 1 aromatic rings. The normalized spacial score (nSPS) is 20.0. The fourth-order valence-electron chi connectivity index (χ4n) is 3.28. The van der Waals surface area contributed by atoms with Crippen molar-refractivity contribution in [3.63, 3.8) is 0 Å². The number of nitrogens with two attached hydrogens (primary N) is 1. The van der Waals surface area contributed by atoms with Crippen molar-refractivity contribution >= 4 is 22.1 Å². The number of likely N-dealkylation sites (tertiary alicyclic amines) is 1. The molecule has 25 heavy (non-hydrogen) atoms. The number of aromatic nitrogens is 1.